The number of piperazine rings is 1. The molecule has 3 rings (SSSR count). The van der Waals surface area contributed by atoms with E-state index in [1.165, 1.54) is 12.1 Å². The number of carbonyl (C=O) groups is 1. The molecular weight excluding hydrogens is 357 g/mol. The molecule has 2 heterocycles. The molecule has 0 spiro atoms. The molecule has 1 amide bonds. The van der Waals surface area contributed by atoms with Crippen molar-refractivity contribution in [2.75, 3.05) is 39.3 Å². The molecule has 28 heavy (non-hydrogen) atoms. The lowest BCUT2D eigenvalue weighted by molar-refractivity contribution is -0.122. The fraction of sp³-hybridized carbons (Fsp3) is 0.524. The van der Waals surface area contributed by atoms with E-state index in [1.54, 1.807) is 12.1 Å². The van der Waals surface area contributed by atoms with Gasteiger partial charge >= 0.3 is 0 Å². The van der Waals surface area contributed by atoms with Crippen LogP contribution < -0.4 is 5.32 Å². The Morgan fingerprint density at radius 3 is 2.46 bits per heavy atom. The Balaban J connectivity index is 1.35. The third kappa shape index (κ3) is 5.87. The summed E-state index contributed by atoms with van der Waals surface area (Å²) < 4.78 is 15.1. The number of rotatable bonds is 8. The maximum atomic E-state index is 12.9. The number of hydrogen-bond acceptors (Lipinski definition) is 4. The molecule has 0 radical (unpaired) electrons. The highest BCUT2D eigenvalue weighted by Crippen LogP contribution is 2.12. The van der Waals surface area contributed by atoms with E-state index >= 15 is 0 Å². The van der Waals surface area contributed by atoms with Crippen LogP contribution in [0.2, 0.25) is 0 Å². The van der Waals surface area contributed by atoms with E-state index in [0.29, 0.717) is 19.0 Å². The van der Waals surface area contributed by atoms with Crippen LogP contribution in [0.4, 0.5) is 4.39 Å². The van der Waals surface area contributed by atoms with E-state index < -0.39 is 0 Å². The average molecular weight is 388 g/mol. The normalized spacial score (nSPS) is 15.9. The fourth-order valence-corrected chi connectivity index (χ4v) is 3.49. The van der Waals surface area contributed by atoms with Crippen LogP contribution in [0, 0.1) is 5.82 Å². The minimum atomic E-state index is -0.263. The number of aromatic nitrogens is 2. The van der Waals surface area contributed by atoms with Crippen molar-refractivity contribution >= 4 is 5.91 Å². The molecule has 1 aliphatic heterocycles. The Bertz CT molecular complexity index is 750. The highest BCUT2D eigenvalue weighted by molar-refractivity contribution is 5.78. The molecule has 7 heteroatoms. The quantitative estimate of drug-likeness (QED) is 0.754. The zero-order valence-corrected chi connectivity index (χ0v) is 16.8. The minimum Gasteiger partial charge on any atom is -0.351 e. The predicted octanol–water partition coefficient (Wildman–Crippen LogP) is 2.08. The number of hydrogen-bond donors (Lipinski definition) is 1. The Morgan fingerprint density at radius 2 is 1.79 bits per heavy atom. The van der Waals surface area contributed by atoms with Crippen molar-refractivity contribution in [3.63, 3.8) is 0 Å². The van der Waals surface area contributed by atoms with Gasteiger partial charge in [0, 0.05) is 64.1 Å². The molecule has 1 aromatic heterocycles. The summed E-state index contributed by atoms with van der Waals surface area (Å²) in [5.41, 5.74) is 0.903. The van der Waals surface area contributed by atoms with Gasteiger partial charge in [-0.15, -0.1) is 0 Å². The van der Waals surface area contributed by atoms with Gasteiger partial charge in [0.1, 0.15) is 11.6 Å². The number of amides is 1. The van der Waals surface area contributed by atoms with Gasteiger partial charge in [-0.25, -0.2) is 9.37 Å². The molecule has 0 bridgehead atoms. The Morgan fingerprint density at radius 1 is 1.11 bits per heavy atom. The maximum Gasteiger partial charge on any atom is 0.234 e. The van der Waals surface area contributed by atoms with Crippen LogP contribution in [0.3, 0.4) is 0 Å². The Kier molecular flexibility index (Phi) is 7.17. The first-order valence-corrected chi connectivity index (χ1v) is 9.98. The Hall–Kier alpha value is -2.25. The summed E-state index contributed by atoms with van der Waals surface area (Å²) >= 11 is 0. The summed E-state index contributed by atoms with van der Waals surface area (Å²) in [6.07, 6.45) is 3.93. The third-order valence-corrected chi connectivity index (χ3v) is 5.16. The molecular formula is C21H30FN5O. The zero-order valence-electron chi connectivity index (χ0n) is 16.8. The van der Waals surface area contributed by atoms with Crippen molar-refractivity contribution in [2.45, 2.75) is 32.9 Å². The van der Waals surface area contributed by atoms with E-state index in [4.69, 9.17) is 0 Å². The molecule has 0 unspecified atom stereocenters. The van der Waals surface area contributed by atoms with Gasteiger partial charge in [0.2, 0.25) is 5.91 Å². The van der Waals surface area contributed by atoms with Crippen LogP contribution in [0.5, 0.6) is 0 Å². The van der Waals surface area contributed by atoms with Crippen molar-refractivity contribution in [3.8, 4) is 0 Å². The van der Waals surface area contributed by atoms with Crippen LogP contribution >= 0.6 is 0 Å². The molecule has 6 nitrogen and oxygen atoms in total. The SMILES string of the molecule is CC(C)c1nccn1CCN1CCN(CC(=O)NCc2ccc(F)cc2)CC1. The highest BCUT2D eigenvalue weighted by atomic mass is 19.1. The second-order valence-corrected chi connectivity index (χ2v) is 7.65. The summed E-state index contributed by atoms with van der Waals surface area (Å²) in [6.45, 7) is 10.9. The standard InChI is InChI=1S/C21H30FN5O/c1-17(2)21-23-7-8-27(21)14-13-25-9-11-26(12-10-25)16-20(28)24-15-18-3-5-19(22)6-4-18/h3-8,17H,9-16H2,1-2H3,(H,24,28). The fourth-order valence-electron chi connectivity index (χ4n) is 3.49. The van der Waals surface area contributed by atoms with E-state index in [0.717, 1.165) is 50.7 Å². The first-order chi connectivity index (χ1) is 13.5. The smallest absolute Gasteiger partial charge is 0.234 e. The van der Waals surface area contributed by atoms with Crippen molar-refractivity contribution in [1.82, 2.24) is 24.7 Å². The van der Waals surface area contributed by atoms with Gasteiger partial charge in [-0.3, -0.25) is 14.6 Å². The predicted molar refractivity (Wildman–Crippen MR) is 107 cm³/mol. The van der Waals surface area contributed by atoms with Crippen LogP contribution in [0.25, 0.3) is 0 Å². The molecule has 2 aromatic rings. The maximum absolute atomic E-state index is 12.9. The van der Waals surface area contributed by atoms with Crippen molar-refractivity contribution in [1.29, 1.82) is 0 Å². The number of halogens is 1. The second kappa shape index (κ2) is 9.80. The lowest BCUT2D eigenvalue weighted by Crippen LogP contribution is -2.49. The molecule has 152 valence electrons. The summed E-state index contributed by atoms with van der Waals surface area (Å²) in [6, 6.07) is 6.21. The van der Waals surface area contributed by atoms with Crippen LogP contribution in [-0.4, -0.2) is 64.5 Å². The van der Waals surface area contributed by atoms with Crippen molar-refractivity contribution < 1.29 is 9.18 Å². The van der Waals surface area contributed by atoms with Crippen LogP contribution in [-0.2, 0) is 17.9 Å². The summed E-state index contributed by atoms with van der Waals surface area (Å²) in [5, 5.41) is 2.91. The molecule has 1 aliphatic rings. The minimum absolute atomic E-state index is 0.0118. The van der Waals surface area contributed by atoms with Crippen LogP contribution in [0.1, 0.15) is 31.2 Å². The van der Waals surface area contributed by atoms with E-state index in [9.17, 15) is 9.18 Å². The molecule has 0 atom stereocenters. The van der Waals surface area contributed by atoms with Gasteiger partial charge in [-0.2, -0.15) is 0 Å². The largest absolute Gasteiger partial charge is 0.351 e. The van der Waals surface area contributed by atoms with Crippen molar-refractivity contribution in [3.05, 3.63) is 53.9 Å². The third-order valence-electron chi connectivity index (χ3n) is 5.16. The first-order valence-electron chi connectivity index (χ1n) is 9.98. The summed E-state index contributed by atoms with van der Waals surface area (Å²) in [4.78, 5) is 21.2. The molecule has 1 saturated heterocycles. The molecule has 1 fully saturated rings. The molecule has 1 N–H and O–H groups in total. The number of imidazole rings is 1. The monoisotopic (exact) mass is 387 g/mol. The van der Waals surface area contributed by atoms with Gasteiger partial charge in [0.15, 0.2) is 0 Å². The van der Waals surface area contributed by atoms with Gasteiger partial charge in [-0.1, -0.05) is 26.0 Å². The molecule has 0 saturated carbocycles. The van der Waals surface area contributed by atoms with Gasteiger partial charge in [0.25, 0.3) is 0 Å². The topological polar surface area (TPSA) is 53.4 Å². The summed E-state index contributed by atoms with van der Waals surface area (Å²) in [5.74, 6) is 1.32. The zero-order chi connectivity index (χ0) is 19.9. The van der Waals surface area contributed by atoms with E-state index in [1.807, 2.05) is 6.20 Å². The molecule has 1 aromatic carbocycles. The average Bonchev–Trinajstić information content (AvgIpc) is 3.16. The van der Waals surface area contributed by atoms with E-state index in [2.05, 4.69) is 44.7 Å². The van der Waals surface area contributed by atoms with Gasteiger partial charge in [0.05, 0.1) is 6.54 Å². The number of benzene rings is 1. The first kappa shape index (κ1) is 20.5. The number of nitrogens with zero attached hydrogens (tertiary/aromatic N) is 4. The number of carbonyl (C=O) groups excluding carboxylic acids is 1. The number of nitrogens with one attached hydrogen (secondary N) is 1. The highest BCUT2D eigenvalue weighted by Gasteiger charge is 2.19. The van der Waals surface area contributed by atoms with Crippen LogP contribution in [0.15, 0.2) is 36.7 Å². The van der Waals surface area contributed by atoms with Crippen molar-refractivity contribution in [2.24, 2.45) is 0 Å². The lowest BCUT2D eigenvalue weighted by Gasteiger charge is -2.34. The lowest BCUT2D eigenvalue weighted by atomic mass is 10.2. The second-order valence-electron chi connectivity index (χ2n) is 7.65. The van der Waals surface area contributed by atoms with Gasteiger partial charge in [-0.05, 0) is 17.7 Å². The Labute approximate surface area is 166 Å². The van der Waals surface area contributed by atoms with E-state index in [-0.39, 0.29) is 11.7 Å². The van der Waals surface area contributed by atoms with Gasteiger partial charge < -0.3 is 9.88 Å². The summed E-state index contributed by atoms with van der Waals surface area (Å²) in [7, 11) is 0. The molecule has 0 aliphatic carbocycles.